The predicted molar refractivity (Wildman–Crippen MR) is 50.9 cm³/mol. The van der Waals surface area contributed by atoms with Crippen molar-refractivity contribution in [3.8, 4) is 6.07 Å². The lowest BCUT2D eigenvalue weighted by molar-refractivity contribution is -0.122. The Hall–Kier alpha value is -0.840. The van der Waals surface area contributed by atoms with Gasteiger partial charge >= 0.3 is 0 Å². The van der Waals surface area contributed by atoms with Crippen molar-refractivity contribution in [1.29, 1.82) is 5.26 Å². The molecule has 1 rings (SSSR count). The molecule has 0 aliphatic heterocycles. The average molecular weight is 179 g/mol. The van der Waals surface area contributed by atoms with Gasteiger partial charge in [0.2, 0.25) is 0 Å². The molecule has 0 heterocycles. The Morgan fingerprint density at radius 1 is 1.46 bits per heavy atom. The molecule has 0 saturated heterocycles. The monoisotopic (exact) mass is 179 g/mol. The quantitative estimate of drug-likeness (QED) is 0.573. The van der Waals surface area contributed by atoms with Gasteiger partial charge in [-0.05, 0) is 17.8 Å². The van der Waals surface area contributed by atoms with E-state index in [4.69, 9.17) is 5.26 Å². The number of ketones is 1. The van der Waals surface area contributed by atoms with E-state index in [0.717, 1.165) is 6.42 Å². The standard InChI is InChI=1S/C11H17NO/c1-11(2,3)10-5-4-9(13)6-8(10)7-12/h8,10H,4-6H2,1-3H3. The van der Waals surface area contributed by atoms with Crippen LogP contribution in [0.3, 0.4) is 0 Å². The molecule has 13 heavy (non-hydrogen) atoms. The summed E-state index contributed by atoms with van der Waals surface area (Å²) in [6.45, 7) is 6.45. The van der Waals surface area contributed by atoms with Gasteiger partial charge in [0.05, 0.1) is 12.0 Å². The Morgan fingerprint density at radius 3 is 2.54 bits per heavy atom. The Kier molecular flexibility index (Phi) is 2.75. The summed E-state index contributed by atoms with van der Waals surface area (Å²) in [6, 6.07) is 2.27. The van der Waals surface area contributed by atoms with Gasteiger partial charge in [-0.25, -0.2) is 0 Å². The molecule has 1 fully saturated rings. The van der Waals surface area contributed by atoms with Crippen molar-refractivity contribution < 1.29 is 4.79 Å². The van der Waals surface area contributed by atoms with Gasteiger partial charge < -0.3 is 0 Å². The summed E-state index contributed by atoms with van der Waals surface area (Å²) in [7, 11) is 0. The van der Waals surface area contributed by atoms with Gasteiger partial charge in [-0.3, -0.25) is 4.79 Å². The number of carbonyl (C=O) groups is 1. The van der Waals surface area contributed by atoms with Crippen molar-refractivity contribution >= 4 is 5.78 Å². The van der Waals surface area contributed by atoms with E-state index in [1.807, 2.05) is 0 Å². The van der Waals surface area contributed by atoms with Crippen molar-refractivity contribution in [2.24, 2.45) is 17.3 Å². The molecule has 2 atom stereocenters. The van der Waals surface area contributed by atoms with Crippen LogP contribution in [0.15, 0.2) is 0 Å². The minimum Gasteiger partial charge on any atom is -0.300 e. The second kappa shape index (κ2) is 3.49. The van der Waals surface area contributed by atoms with E-state index in [-0.39, 0.29) is 17.1 Å². The number of Topliss-reactive ketones (excluding diaryl/α,β-unsaturated/α-hetero) is 1. The molecule has 0 aromatic carbocycles. The van der Waals surface area contributed by atoms with E-state index < -0.39 is 0 Å². The van der Waals surface area contributed by atoms with Crippen LogP contribution < -0.4 is 0 Å². The van der Waals surface area contributed by atoms with Crippen LogP contribution in [0.2, 0.25) is 0 Å². The number of nitrogens with zero attached hydrogens (tertiary/aromatic N) is 1. The van der Waals surface area contributed by atoms with Crippen molar-refractivity contribution in [3.05, 3.63) is 0 Å². The zero-order valence-electron chi connectivity index (χ0n) is 8.63. The molecule has 1 aliphatic carbocycles. The largest absolute Gasteiger partial charge is 0.300 e. The van der Waals surface area contributed by atoms with Crippen LogP contribution in [0.25, 0.3) is 0 Å². The predicted octanol–water partition coefficient (Wildman–Crippen LogP) is 2.54. The molecule has 0 aromatic heterocycles. The van der Waals surface area contributed by atoms with Gasteiger partial charge in [0.25, 0.3) is 0 Å². The lowest BCUT2D eigenvalue weighted by atomic mass is 9.67. The Balaban J connectivity index is 2.76. The van der Waals surface area contributed by atoms with E-state index in [1.165, 1.54) is 0 Å². The van der Waals surface area contributed by atoms with E-state index in [2.05, 4.69) is 26.8 Å². The highest BCUT2D eigenvalue weighted by Gasteiger charge is 2.36. The Morgan fingerprint density at radius 2 is 2.08 bits per heavy atom. The van der Waals surface area contributed by atoms with Crippen LogP contribution in [-0.4, -0.2) is 5.78 Å². The number of rotatable bonds is 0. The first-order chi connectivity index (χ1) is 5.95. The van der Waals surface area contributed by atoms with E-state index in [1.54, 1.807) is 0 Å². The SMILES string of the molecule is CC(C)(C)C1CCC(=O)CC1C#N. The second-order valence-corrected chi connectivity index (χ2v) is 4.99. The Bertz CT molecular complexity index is 244. The van der Waals surface area contributed by atoms with Gasteiger partial charge in [0.1, 0.15) is 5.78 Å². The van der Waals surface area contributed by atoms with Gasteiger partial charge in [-0.1, -0.05) is 20.8 Å². The third-order valence-electron chi connectivity index (χ3n) is 2.95. The third kappa shape index (κ3) is 2.30. The molecule has 0 amide bonds. The number of nitriles is 1. The van der Waals surface area contributed by atoms with Crippen LogP contribution in [0.4, 0.5) is 0 Å². The van der Waals surface area contributed by atoms with Gasteiger partial charge in [0, 0.05) is 12.8 Å². The van der Waals surface area contributed by atoms with Crippen molar-refractivity contribution in [2.75, 3.05) is 0 Å². The Labute approximate surface area is 79.9 Å². The number of hydrogen-bond acceptors (Lipinski definition) is 2. The molecule has 1 aliphatic rings. The lowest BCUT2D eigenvalue weighted by Crippen LogP contribution is -2.33. The van der Waals surface area contributed by atoms with Crippen LogP contribution >= 0.6 is 0 Å². The molecule has 0 aromatic rings. The maximum absolute atomic E-state index is 11.2. The fourth-order valence-corrected chi connectivity index (χ4v) is 2.18. The number of hydrogen-bond donors (Lipinski definition) is 0. The molecule has 1 saturated carbocycles. The molecule has 0 spiro atoms. The first kappa shape index (κ1) is 10.2. The molecule has 0 radical (unpaired) electrons. The average Bonchev–Trinajstić information content (AvgIpc) is 2.01. The van der Waals surface area contributed by atoms with E-state index in [9.17, 15) is 4.79 Å². The molecule has 2 nitrogen and oxygen atoms in total. The molecule has 0 bridgehead atoms. The molecule has 2 unspecified atom stereocenters. The van der Waals surface area contributed by atoms with E-state index in [0.29, 0.717) is 18.8 Å². The first-order valence-electron chi connectivity index (χ1n) is 4.86. The van der Waals surface area contributed by atoms with Gasteiger partial charge in [0.15, 0.2) is 0 Å². The van der Waals surface area contributed by atoms with Crippen LogP contribution in [-0.2, 0) is 4.79 Å². The highest BCUT2D eigenvalue weighted by Crippen LogP contribution is 2.40. The second-order valence-electron chi connectivity index (χ2n) is 4.99. The summed E-state index contributed by atoms with van der Waals surface area (Å²) in [6.07, 6.45) is 2.03. The highest BCUT2D eigenvalue weighted by atomic mass is 16.1. The van der Waals surface area contributed by atoms with Crippen LogP contribution in [0.5, 0.6) is 0 Å². The maximum Gasteiger partial charge on any atom is 0.134 e. The summed E-state index contributed by atoms with van der Waals surface area (Å²) in [5, 5.41) is 8.94. The molecule has 72 valence electrons. The van der Waals surface area contributed by atoms with Gasteiger partial charge in [-0.2, -0.15) is 5.26 Å². The summed E-state index contributed by atoms with van der Waals surface area (Å²) < 4.78 is 0. The molecule has 0 N–H and O–H groups in total. The van der Waals surface area contributed by atoms with Crippen molar-refractivity contribution in [3.63, 3.8) is 0 Å². The molecule has 2 heteroatoms. The first-order valence-corrected chi connectivity index (χ1v) is 4.86. The minimum atomic E-state index is -0.0544. The lowest BCUT2D eigenvalue weighted by Gasteiger charge is -2.36. The maximum atomic E-state index is 11.2. The smallest absolute Gasteiger partial charge is 0.134 e. The summed E-state index contributed by atoms with van der Waals surface area (Å²) in [4.78, 5) is 11.2. The zero-order chi connectivity index (χ0) is 10.1. The topological polar surface area (TPSA) is 40.9 Å². The van der Waals surface area contributed by atoms with Crippen molar-refractivity contribution in [2.45, 2.75) is 40.0 Å². The summed E-state index contributed by atoms with van der Waals surface area (Å²) >= 11 is 0. The number of carbonyl (C=O) groups excluding carboxylic acids is 1. The van der Waals surface area contributed by atoms with Crippen LogP contribution in [0.1, 0.15) is 40.0 Å². The fraction of sp³-hybridized carbons (Fsp3) is 0.818. The zero-order valence-corrected chi connectivity index (χ0v) is 8.63. The third-order valence-corrected chi connectivity index (χ3v) is 2.95. The minimum absolute atomic E-state index is 0.0544. The van der Waals surface area contributed by atoms with Gasteiger partial charge in [-0.15, -0.1) is 0 Å². The summed E-state index contributed by atoms with van der Waals surface area (Å²) in [5.41, 5.74) is 0.154. The fourth-order valence-electron chi connectivity index (χ4n) is 2.18. The summed E-state index contributed by atoms with van der Waals surface area (Å²) in [5.74, 6) is 0.587. The highest BCUT2D eigenvalue weighted by molar-refractivity contribution is 5.79. The normalized spacial score (nSPS) is 29.8. The van der Waals surface area contributed by atoms with Crippen LogP contribution in [0, 0.1) is 28.6 Å². The van der Waals surface area contributed by atoms with Crippen molar-refractivity contribution in [1.82, 2.24) is 0 Å². The molecular weight excluding hydrogens is 162 g/mol. The molecular formula is C11H17NO. The van der Waals surface area contributed by atoms with E-state index >= 15 is 0 Å².